The molecule has 0 aliphatic heterocycles. The molecule has 0 spiro atoms. The Balaban J connectivity index is 2.59. The van der Waals surface area contributed by atoms with Gasteiger partial charge in [-0.15, -0.1) is 0 Å². The lowest BCUT2D eigenvalue weighted by molar-refractivity contribution is 0.217. The van der Waals surface area contributed by atoms with Crippen LogP contribution in [0.25, 0.3) is 0 Å². The summed E-state index contributed by atoms with van der Waals surface area (Å²) < 4.78 is 0. The summed E-state index contributed by atoms with van der Waals surface area (Å²) in [6, 6.07) is 7.83. The molecular weight excluding hydrogens is 284 g/mol. The first-order chi connectivity index (χ1) is 10.8. The van der Waals surface area contributed by atoms with Gasteiger partial charge in [-0.3, -0.25) is 0 Å². The Labute approximate surface area is 140 Å². The first-order valence-corrected chi connectivity index (χ1v) is 8.32. The second-order valence-electron chi connectivity index (χ2n) is 6.82. The van der Waals surface area contributed by atoms with Gasteiger partial charge in [-0.2, -0.15) is 0 Å². The van der Waals surface area contributed by atoms with E-state index in [4.69, 9.17) is 0 Å². The molecule has 0 aromatic heterocycles. The standard InChI is InChI=1S/C21H28O2/c1-5-6-7-10-19(22)11-8-9-12-20(23)17-13-15-18(16-14-17)21(2,3)4/h13-16,19-20,22-23H,5-7,10H2,1-4H3. The summed E-state index contributed by atoms with van der Waals surface area (Å²) in [6.45, 7) is 8.58. The van der Waals surface area contributed by atoms with Crippen LogP contribution in [0, 0.1) is 23.7 Å². The van der Waals surface area contributed by atoms with Crippen molar-refractivity contribution in [3.05, 3.63) is 35.4 Å². The summed E-state index contributed by atoms with van der Waals surface area (Å²) in [4.78, 5) is 0. The van der Waals surface area contributed by atoms with Gasteiger partial charge in [0.1, 0.15) is 12.2 Å². The van der Waals surface area contributed by atoms with Gasteiger partial charge < -0.3 is 10.2 Å². The van der Waals surface area contributed by atoms with Crippen molar-refractivity contribution in [3.63, 3.8) is 0 Å². The molecule has 0 radical (unpaired) electrons. The molecule has 0 heterocycles. The zero-order chi connectivity index (χ0) is 17.3. The van der Waals surface area contributed by atoms with E-state index >= 15 is 0 Å². The van der Waals surface area contributed by atoms with Crippen molar-refractivity contribution < 1.29 is 10.2 Å². The minimum atomic E-state index is -0.851. The fraction of sp³-hybridized carbons (Fsp3) is 0.524. The number of hydrogen-bond donors (Lipinski definition) is 2. The fourth-order valence-electron chi connectivity index (χ4n) is 2.13. The molecule has 0 saturated carbocycles. The van der Waals surface area contributed by atoms with Crippen LogP contribution < -0.4 is 0 Å². The van der Waals surface area contributed by atoms with Crippen LogP contribution >= 0.6 is 0 Å². The molecule has 2 nitrogen and oxygen atoms in total. The Bertz CT molecular complexity index is 585. The summed E-state index contributed by atoms with van der Waals surface area (Å²) in [7, 11) is 0. The van der Waals surface area contributed by atoms with Gasteiger partial charge in [0.2, 0.25) is 0 Å². The van der Waals surface area contributed by atoms with E-state index in [1.54, 1.807) is 0 Å². The average molecular weight is 312 g/mol. The Hall–Kier alpha value is -1.74. The zero-order valence-electron chi connectivity index (χ0n) is 14.7. The minimum Gasteiger partial charge on any atom is -0.380 e. The molecule has 0 aliphatic carbocycles. The summed E-state index contributed by atoms with van der Waals surface area (Å²) in [5.41, 5.74) is 2.07. The highest BCUT2D eigenvalue weighted by atomic mass is 16.3. The van der Waals surface area contributed by atoms with E-state index in [2.05, 4.69) is 51.4 Å². The van der Waals surface area contributed by atoms with Gasteiger partial charge >= 0.3 is 0 Å². The van der Waals surface area contributed by atoms with E-state index in [1.165, 1.54) is 5.56 Å². The third-order valence-corrected chi connectivity index (χ3v) is 3.68. The van der Waals surface area contributed by atoms with E-state index in [-0.39, 0.29) is 5.41 Å². The molecule has 2 heteroatoms. The summed E-state index contributed by atoms with van der Waals surface area (Å²) in [5.74, 6) is 10.7. The quantitative estimate of drug-likeness (QED) is 0.638. The molecule has 0 saturated heterocycles. The van der Waals surface area contributed by atoms with Gasteiger partial charge in [0.25, 0.3) is 0 Å². The molecule has 1 rings (SSSR count). The normalized spacial score (nSPS) is 13.3. The molecule has 1 aromatic rings. The molecular formula is C21H28O2. The lowest BCUT2D eigenvalue weighted by Crippen LogP contribution is -2.10. The van der Waals surface area contributed by atoms with E-state index < -0.39 is 12.2 Å². The summed E-state index contributed by atoms with van der Waals surface area (Å²) in [6.07, 6.45) is 2.41. The summed E-state index contributed by atoms with van der Waals surface area (Å²) in [5, 5.41) is 19.7. The van der Waals surface area contributed by atoms with Gasteiger partial charge in [0.05, 0.1) is 0 Å². The maximum atomic E-state index is 10.0. The Morgan fingerprint density at radius 2 is 1.57 bits per heavy atom. The van der Waals surface area contributed by atoms with Gasteiger partial charge in [-0.1, -0.05) is 76.6 Å². The van der Waals surface area contributed by atoms with Crippen LogP contribution in [0.15, 0.2) is 24.3 Å². The molecule has 0 aliphatic rings. The second kappa shape index (κ2) is 9.41. The second-order valence-corrected chi connectivity index (χ2v) is 6.82. The smallest absolute Gasteiger partial charge is 0.141 e. The largest absolute Gasteiger partial charge is 0.380 e. The van der Waals surface area contributed by atoms with Crippen molar-refractivity contribution in [2.45, 2.75) is 71.0 Å². The number of benzene rings is 1. The number of unbranched alkanes of at least 4 members (excludes halogenated alkanes) is 2. The molecule has 23 heavy (non-hydrogen) atoms. The van der Waals surface area contributed by atoms with Crippen molar-refractivity contribution in [2.75, 3.05) is 0 Å². The Morgan fingerprint density at radius 3 is 2.13 bits per heavy atom. The van der Waals surface area contributed by atoms with Gasteiger partial charge in [-0.05, 0) is 41.2 Å². The third-order valence-electron chi connectivity index (χ3n) is 3.68. The minimum absolute atomic E-state index is 0.0918. The lowest BCUT2D eigenvalue weighted by atomic mass is 9.86. The first-order valence-electron chi connectivity index (χ1n) is 8.32. The van der Waals surface area contributed by atoms with E-state index in [1.807, 2.05) is 24.3 Å². The van der Waals surface area contributed by atoms with Crippen molar-refractivity contribution >= 4 is 0 Å². The van der Waals surface area contributed by atoms with Crippen molar-refractivity contribution in [1.82, 2.24) is 0 Å². The van der Waals surface area contributed by atoms with Crippen LogP contribution in [0.5, 0.6) is 0 Å². The highest BCUT2D eigenvalue weighted by molar-refractivity contribution is 5.35. The predicted octanol–water partition coefficient (Wildman–Crippen LogP) is 3.97. The topological polar surface area (TPSA) is 40.5 Å². The monoisotopic (exact) mass is 312 g/mol. The van der Waals surface area contributed by atoms with Gasteiger partial charge in [0.15, 0.2) is 0 Å². The fourth-order valence-corrected chi connectivity index (χ4v) is 2.13. The SMILES string of the molecule is CCCCCC(O)C#CC#CC(O)c1ccc(C(C)(C)C)cc1. The van der Waals surface area contributed by atoms with Crippen LogP contribution in [-0.4, -0.2) is 16.3 Å². The number of aliphatic hydroxyl groups is 2. The van der Waals surface area contributed by atoms with Crippen LogP contribution in [0.2, 0.25) is 0 Å². The van der Waals surface area contributed by atoms with Gasteiger partial charge in [-0.25, -0.2) is 0 Å². The van der Waals surface area contributed by atoms with E-state index in [9.17, 15) is 10.2 Å². The highest BCUT2D eigenvalue weighted by Crippen LogP contribution is 2.23. The molecule has 2 unspecified atom stereocenters. The van der Waals surface area contributed by atoms with Crippen LogP contribution in [0.4, 0.5) is 0 Å². The number of rotatable bonds is 5. The maximum Gasteiger partial charge on any atom is 0.141 e. The average Bonchev–Trinajstić information content (AvgIpc) is 2.51. The Morgan fingerprint density at radius 1 is 0.957 bits per heavy atom. The van der Waals surface area contributed by atoms with Crippen molar-refractivity contribution in [2.24, 2.45) is 0 Å². The lowest BCUT2D eigenvalue weighted by Gasteiger charge is -2.19. The first kappa shape index (κ1) is 19.3. The van der Waals surface area contributed by atoms with Crippen LogP contribution in [-0.2, 0) is 5.41 Å². The number of aliphatic hydroxyl groups excluding tert-OH is 2. The molecule has 2 atom stereocenters. The molecule has 124 valence electrons. The predicted molar refractivity (Wildman–Crippen MR) is 95.8 cm³/mol. The third kappa shape index (κ3) is 7.38. The van der Waals surface area contributed by atoms with Crippen LogP contribution in [0.3, 0.4) is 0 Å². The molecule has 2 N–H and O–H groups in total. The molecule has 1 aromatic carbocycles. The van der Waals surface area contributed by atoms with Crippen molar-refractivity contribution in [3.8, 4) is 23.7 Å². The molecule has 0 bridgehead atoms. The highest BCUT2D eigenvalue weighted by Gasteiger charge is 2.13. The molecule has 0 fully saturated rings. The van der Waals surface area contributed by atoms with Crippen molar-refractivity contribution in [1.29, 1.82) is 0 Å². The Kier molecular flexibility index (Phi) is 7.90. The van der Waals surface area contributed by atoms with Gasteiger partial charge in [0, 0.05) is 0 Å². The van der Waals surface area contributed by atoms with E-state index in [0.717, 1.165) is 24.8 Å². The summed E-state index contributed by atoms with van der Waals surface area (Å²) >= 11 is 0. The van der Waals surface area contributed by atoms with E-state index in [0.29, 0.717) is 6.42 Å². The zero-order valence-corrected chi connectivity index (χ0v) is 14.7. The number of hydrogen-bond acceptors (Lipinski definition) is 2. The molecule has 0 amide bonds. The van der Waals surface area contributed by atoms with Crippen LogP contribution in [0.1, 0.15) is 70.6 Å². The maximum absolute atomic E-state index is 10.0.